The van der Waals surface area contributed by atoms with Crippen LogP contribution < -0.4 is 4.90 Å². The molecule has 0 saturated carbocycles. The molecule has 0 fully saturated rings. The number of benzene rings is 3. The quantitative estimate of drug-likeness (QED) is 0.448. The molecule has 31 heavy (non-hydrogen) atoms. The van der Waals surface area contributed by atoms with Crippen molar-refractivity contribution < 1.29 is 4.79 Å². The van der Waals surface area contributed by atoms with Gasteiger partial charge < -0.3 is 9.80 Å². The summed E-state index contributed by atoms with van der Waals surface area (Å²) in [4.78, 5) is 21.5. The molecule has 4 nitrogen and oxygen atoms in total. The van der Waals surface area contributed by atoms with Crippen LogP contribution in [0, 0.1) is 0 Å². The second-order valence-corrected chi connectivity index (χ2v) is 9.28. The van der Waals surface area contributed by atoms with Gasteiger partial charge in [-0.1, -0.05) is 65.8 Å². The van der Waals surface area contributed by atoms with Crippen LogP contribution in [0.5, 0.6) is 0 Å². The van der Waals surface area contributed by atoms with Gasteiger partial charge in [-0.15, -0.1) is 0 Å². The lowest BCUT2D eigenvalue weighted by molar-refractivity contribution is 0.209. The lowest BCUT2D eigenvalue weighted by Crippen LogP contribution is -2.42. The number of fused-ring (bicyclic) bond motifs is 2. The second kappa shape index (κ2) is 9.77. The number of carbonyl (C=O) groups is 1. The fourth-order valence-corrected chi connectivity index (χ4v) is 4.80. The fraction of sp³-hybridized carbons (Fsp3) is 0.240. The molecule has 160 valence electrons. The molecule has 0 spiro atoms. The van der Waals surface area contributed by atoms with E-state index in [0.717, 1.165) is 40.7 Å². The predicted molar refractivity (Wildman–Crippen MR) is 130 cm³/mol. The number of hydrogen-bond donors (Lipinski definition) is 0. The topological polar surface area (TPSA) is 26.8 Å². The number of rotatable bonds is 6. The average Bonchev–Trinajstić information content (AvgIpc) is 2.80. The maximum atomic E-state index is 13.5. The molecular weight excluding hydrogens is 426 g/mol. The van der Waals surface area contributed by atoms with Crippen LogP contribution in [-0.4, -0.2) is 49.6 Å². The zero-order valence-electron chi connectivity index (χ0n) is 17.8. The van der Waals surface area contributed by atoms with Gasteiger partial charge >= 0.3 is 6.03 Å². The number of amides is 2. The van der Waals surface area contributed by atoms with Gasteiger partial charge in [0.15, 0.2) is 0 Å². The first kappa shape index (κ1) is 21.8. The average molecular weight is 452 g/mol. The van der Waals surface area contributed by atoms with Crippen molar-refractivity contribution in [1.82, 2.24) is 9.80 Å². The summed E-state index contributed by atoms with van der Waals surface area (Å²) in [5.41, 5.74) is 3.07. The van der Waals surface area contributed by atoms with E-state index in [2.05, 4.69) is 42.3 Å². The molecule has 1 aliphatic heterocycles. The van der Waals surface area contributed by atoms with Crippen LogP contribution in [-0.2, 0) is 6.42 Å². The summed E-state index contributed by atoms with van der Waals surface area (Å²) in [6.07, 6.45) is 0.998. The Morgan fingerprint density at radius 2 is 1.58 bits per heavy atom. The molecule has 6 heteroatoms. The number of urea groups is 1. The maximum Gasteiger partial charge on any atom is 0.328 e. The van der Waals surface area contributed by atoms with Crippen LogP contribution in [0.25, 0.3) is 0 Å². The van der Waals surface area contributed by atoms with Crippen molar-refractivity contribution in [3.63, 3.8) is 0 Å². The van der Waals surface area contributed by atoms with Crippen molar-refractivity contribution in [3.05, 3.63) is 83.4 Å². The van der Waals surface area contributed by atoms with Crippen molar-refractivity contribution in [1.29, 1.82) is 0 Å². The number of anilines is 2. The molecular formula is C25H26ClN3OS. The lowest BCUT2D eigenvalue weighted by atomic mass is 10.1. The number of halogens is 1. The number of hydrogen-bond acceptors (Lipinski definition) is 3. The molecule has 0 atom stereocenters. The summed E-state index contributed by atoms with van der Waals surface area (Å²) in [5.74, 6) is 0. The Morgan fingerprint density at radius 3 is 2.39 bits per heavy atom. The molecule has 1 aliphatic rings. The highest BCUT2D eigenvalue weighted by Gasteiger charge is 2.30. The Hall–Kier alpha value is -2.47. The zero-order chi connectivity index (χ0) is 21.8. The van der Waals surface area contributed by atoms with Gasteiger partial charge in [0.1, 0.15) is 0 Å². The van der Waals surface area contributed by atoms with E-state index in [1.807, 2.05) is 49.5 Å². The van der Waals surface area contributed by atoms with Crippen LogP contribution in [0.2, 0.25) is 5.02 Å². The van der Waals surface area contributed by atoms with Gasteiger partial charge in [0.25, 0.3) is 0 Å². The summed E-state index contributed by atoms with van der Waals surface area (Å²) >= 11 is 7.94. The van der Waals surface area contributed by atoms with E-state index in [1.54, 1.807) is 21.6 Å². The Kier molecular flexibility index (Phi) is 6.86. The largest absolute Gasteiger partial charge is 0.328 e. The predicted octanol–water partition coefficient (Wildman–Crippen LogP) is 6.17. The van der Waals surface area contributed by atoms with Gasteiger partial charge in [-0.3, -0.25) is 4.90 Å². The van der Waals surface area contributed by atoms with Gasteiger partial charge in [0.05, 0.1) is 11.4 Å². The van der Waals surface area contributed by atoms with Crippen molar-refractivity contribution in [2.75, 3.05) is 38.6 Å². The smallest absolute Gasteiger partial charge is 0.326 e. The van der Waals surface area contributed by atoms with Crippen LogP contribution in [0.3, 0.4) is 0 Å². The maximum absolute atomic E-state index is 13.5. The normalized spacial score (nSPS) is 12.5. The molecule has 0 radical (unpaired) electrons. The molecule has 0 aromatic heterocycles. The molecule has 0 bridgehead atoms. The van der Waals surface area contributed by atoms with E-state index in [9.17, 15) is 4.79 Å². The van der Waals surface area contributed by atoms with Gasteiger partial charge in [-0.25, -0.2) is 4.79 Å². The van der Waals surface area contributed by atoms with E-state index < -0.39 is 0 Å². The fourth-order valence-electron chi connectivity index (χ4n) is 3.60. The highest BCUT2D eigenvalue weighted by atomic mass is 35.5. The third-order valence-corrected chi connectivity index (χ3v) is 6.81. The highest BCUT2D eigenvalue weighted by Crippen LogP contribution is 2.49. The van der Waals surface area contributed by atoms with Crippen LogP contribution in [0.15, 0.2) is 82.6 Å². The standard InChI is InChI=1S/C25H26ClN3OS/c1-27(15-14-19-8-4-3-5-9-19)16-17-28(2)25(30)29-21-10-6-7-11-23(21)31-24-13-12-20(26)18-22(24)29/h3-13,18H,14-17H2,1-2H3. The Labute approximate surface area is 193 Å². The van der Waals surface area contributed by atoms with E-state index in [4.69, 9.17) is 11.6 Å². The Balaban J connectivity index is 1.44. The molecule has 0 saturated heterocycles. The van der Waals surface area contributed by atoms with Gasteiger partial charge in [0.2, 0.25) is 0 Å². The molecule has 0 aliphatic carbocycles. The summed E-state index contributed by atoms with van der Waals surface area (Å²) in [6, 6.07) is 24.2. The Morgan fingerprint density at radius 1 is 0.871 bits per heavy atom. The molecule has 4 rings (SSSR count). The van der Waals surface area contributed by atoms with E-state index in [1.165, 1.54) is 5.56 Å². The molecule has 0 N–H and O–H groups in total. The summed E-state index contributed by atoms with van der Waals surface area (Å²) in [5, 5.41) is 0.625. The first-order chi connectivity index (χ1) is 15.0. The first-order valence-corrected chi connectivity index (χ1v) is 11.6. The second-order valence-electron chi connectivity index (χ2n) is 7.76. The summed E-state index contributed by atoms with van der Waals surface area (Å²) < 4.78 is 0. The minimum Gasteiger partial charge on any atom is -0.326 e. The van der Waals surface area contributed by atoms with Crippen molar-refractivity contribution in [2.24, 2.45) is 0 Å². The lowest BCUT2D eigenvalue weighted by Gasteiger charge is -2.34. The monoisotopic (exact) mass is 451 g/mol. The molecule has 2 amide bonds. The van der Waals surface area contributed by atoms with Crippen molar-refractivity contribution >= 4 is 40.8 Å². The van der Waals surface area contributed by atoms with Gasteiger partial charge in [-0.2, -0.15) is 0 Å². The number of likely N-dealkylation sites (N-methyl/N-ethyl adjacent to an activating group) is 2. The van der Waals surface area contributed by atoms with E-state index in [0.29, 0.717) is 11.6 Å². The van der Waals surface area contributed by atoms with Crippen molar-refractivity contribution in [3.8, 4) is 0 Å². The third kappa shape index (κ3) is 5.06. The third-order valence-electron chi connectivity index (χ3n) is 5.45. The minimum absolute atomic E-state index is 0.0484. The van der Waals surface area contributed by atoms with Gasteiger partial charge in [-0.05, 0) is 49.4 Å². The first-order valence-electron chi connectivity index (χ1n) is 10.4. The summed E-state index contributed by atoms with van der Waals surface area (Å²) in [7, 11) is 3.96. The van der Waals surface area contributed by atoms with E-state index in [-0.39, 0.29) is 6.03 Å². The zero-order valence-corrected chi connectivity index (χ0v) is 19.4. The molecule has 3 aromatic carbocycles. The minimum atomic E-state index is -0.0484. The molecule has 0 unspecified atom stereocenters. The highest BCUT2D eigenvalue weighted by molar-refractivity contribution is 7.99. The molecule has 3 aromatic rings. The van der Waals surface area contributed by atoms with Crippen LogP contribution in [0.1, 0.15) is 5.56 Å². The molecule has 1 heterocycles. The summed E-state index contributed by atoms with van der Waals surface area (Å²) in [6.45, 7) is 2.40. The SMILES string of the molecule is CN(CCc1ccccc1)CCN(C)C(=O)N1c2ccccc2Sc2ccc(Cl)cc21. The van der Waals surface area contributed by atoms with Crippen LogP contribution in [0.4, 0.5) is 16.2 Å². The van der Waals surface area contributed by atoms with Crippen LogP contribution >= 0.6 is 23.4 Å². The van der Waals surface area contributed by atoms with Crippen molar-refractivity contribution in [2.45, 2.75) is 16.2 Å². The number of para-hydroxylation sites is 1. The van der Waals surface area contributed by atoms with E-state index >= 15 is 0 Å². The number of carbonyl (C=O) groups excluding carboxylic acids is 1. The van der Waals surface area contributed by atoms with Gasteiger partial charge in [0, 0.05) is 41.5 Å². The number of nitrogens with zero attached hydrogens (tertiary/aromatic N) is 3. The Bertz CT molecular complexity index is 1060.